The quantitative estimate of drug-likeness (QED) is 0.706. The molecule has 0 radical (unpaired) electrons. The summed E-state index contributed by atoms with van der Waals surface area (Å²) in [6, 6.07) is 7.63. The summed E-state index contributed by atoms with van der Waals surface area (Å²) in [4.78, 5) is 25.8. The van der Waals surface area contributed by atoms with Crippen molar-refractivity contribution in [3.8, 4) is 0 Å². The fourth-order valence-electron chi connectivity index (χ4n) is 2.71. The Kier molecular flexibility index (Phi) is 7.55. The maximum Gasteiger partial charge on any atom is 0.315 e. The second kappa shape index (κ2) is 9.93. The number of benzene rings is 1. The van der Waals surface area contributed by atoms with Crippen LogP contribution in [0, 0.1) is 6.92 Å². The Labute approximate surface area is 144 Å². The molecule has 0 spiro atoms. The lowest BCUT2D eigenvalue weighted by molar-refractivity contribution is -0.120. The zero-order chi connectivity index (χ0) is 17.2. The molecule has 0 saturated carbocycles. The van der Waals surface area contributed by atoms with Crippen LogP contribution in [0.1, 0.15) is 30.4 Å². The third-order valence-corrected chi connectivity index (χ3v) is 4.18. The molecule has 6 heteroatoms. The number of hydrogen-bond donors (Lipinski definition) is 3. The molecule has 0 unspecified atom stereocenters. The molecule has 0 aliphatic carbocycles. The number of rotatable bonds is 7. The van der Waals surface area contributed by atoms with E-state index >= 15 is 0 Å². The minimum Gasteiger partial charge on any atom is -0.353 e. The van der Waals surface area contributed by atoms with Gasteiger partial charge in [-0.2, -0.15) is 0 Å². The maximum absolute atomic E-state index is 11.7. The Morgan fingerprint density at radius 2 is 1.71 bits per heavy atom. The molecule has 1 aromatic rings. The molecule has 1 saturated heterocycles. The van der Waals surface area contributed by atoms with E-state index < -0.39 is 0 Å². The molecule has 1 aromatic carbocycles. The van der Waals surface area contributed by atoms with Crippen molar-refractivity contribution in [3.05, 3.63) is 35.4 Å². The zero-order valence-electron chi connectivity index (χ0n) is 14.4. The van der Waals surface area contributed by atoms with Crippen LogP contribution in [0.3, 0.4) is 0 Å². The van der Waals surface area contributed by atoms with Crippen molar-refractivity contribution in [2.75, 3.05) is 32.7 Å². The van der Waals surface area contributed by atoms with Gasteiger partial charge in [0, 0.05) is 19.6 Å². The first-order chi connectivity index (χ1) is 11.6. The highest BCUT2D eigenvalue weighted by Gasteiger charge is 2.10. The summed E-state index contributed by atoms with van der Waals surface area (Å²) in [7, 11) is 0. The van der Waals surface area contributed by atoms with E-state index in [-0.39, 0.29) is 18.5 Å². The molecule has 1 aliphatic rings. The van der Waals surface area contributed by atoms with Crippen molar-refractivity contribution in [2.45, 2.75) is 32.7 Å². The van der Waals surface area contributed by atoms with Gasteiger partial charge in [-0.1, -0.05) is 36.2 Å². The van der Waals surface area contributed by atoms with Gasteiger partial charge < -0.3 is 20.9 Å². The van der Waals surface area contributed by atoms with Crippen LogP contribution in [0.5, 0.6) is 0 Å². The first-order valence-electron chi connectivity index (χ1n) is 8.70. The van der Waals surface area contributed by atoms with Crippen LogP contribution < -0.4 is 16.0 Å². The number of carbonyl (C=O) groups excluding carboxylic acids is 2. The van der Waals surface area contributed by atoms with Gasteiger partial charge in [-0.25, -0.2) is 4.79 Å². The predicted octanol–water partition coefficient (Wildman–Crippen LogP) is 1.40. The van der Waals surface area contributed by atoms with Crippen molar-refractivity contribution in [3.63, 3.8) is 0 Å². The number of amides is 3. The molecule has 0 bridgehead atoms. The Hall–Kier alpha value is -2.08. The molecule has 0 aromatic heterocycles. The molecule has 1 fully saturated rings. The van der Waals surface area contributed by atoms with Gasteiger partial charge in [-0.05, 0) is 38.4 Å². The van der Waals surface area contributed by atoms with Crippen molar-refractivity contribution >= 4 is 11.9 Å². The Balaban J connectivity index is 1.53. The molecule has 3 amide bonds. The van der Waals surface area contributed by atoms with Gasteiger partial charge in [0.05, 0.1) is 6.54 Å². The van der Waals surface area contributed by atoms with Crippen LogP contribution in [0.4, 0.5) is 4.79 Å². The number of nitrogens with zero attached hydrogens (tertiary/aromatic N) is 1. The van der Waals surface area contributed by atoms with Crippen molar-refractivity contribution < 1.29 is 9.59 Å². The molecule has 0 atom stereocenters. The summed E-state index contributed by atoms with van der Waals surface area (Å²) < 4.78 is 0. The molecular weight excluding hydrogens is 304 g/mol. The number of hydrogen-bond acceptors (Lipinski definition) is 3. The summed E-state index contributed by atoms with van der Waals surface area (Å²) in [5.74, 6) is -0.155. The fraction of sp³-hybridized carbons (Fsp3) is 0.556. The maximum atomic E-state index is 11.7. The number of aryl methyl sites for hydroxylation is 1. The van der Waals surface area contributed by atoms with E-state index in [9.17, 15) is 9.59 Å². The highest BCUT2D eigenvalue weighted by molar-refractivity contribution is 5.83. The first-order valence-corrected chi connectivity index (χ1v) is 8.70. The van der Waals surface area contributed by atoms with E-state index in [2.05, 4.69) is 20.9 Å². The first kappa shape index (κ1) is 18.3. The fourth-order valence-corrected chi connectivity index (χ4v) is 2.71. The van der Waals surface area contributed by atoms with Crippen molar-refractivity contribution in [1.29, 1.82) is 0 Å². The van der Waals surface area contributed by atoms with E-state index in [0.717, 1.165) is 25.2 Å². The van der Waals surface area contributed by atoms with E-state index in [0.29, 0.717) is 13.1 Å². The number of urea groups is 1. The van der Waals surface area contributed by atoms with Crippen molar-refractivity contribution in [1.82, 2.24) is 20.9 Å². The van der Waals surface area contributed by atoms with Gasteiger partial charge in [0.15, 0.2) is 0 Å². The van der Waals surface area contributed by atoms with Gasteiger partial charge in [0.25, 0.3) is 0 Å². The minimum absolute atomic E-state index is 0.000267. The second-order valence-electron chi connectivity index (χ2n) is 6.27. The smallest absolute Gasteiger partial charge is 0.315 e. The van der Waals surface area contributed by atoms with Crippen molar-refractivity contribution in [2.24, 2.45) is 0 Å². The third kappa shape index (κ3) is 7.00. The van der Waals surface area contributed by atoms with E-state index in [1.165, 1.54) is 24.8 Å². The summed E-state index contributed by atoms with van der Waals surface area (Å²) in [5, 5.41) is 8.16. The van der Waals surface area contributed by atoms with Crippen LogP contribution in [0.15, 0.2) is 24.3 Å². The Morgan fingerprint density at radius 3 is 2.42 bits per heavy atom. The van der Waals surface area contributed by atoms with Crippen LogP contribution in [0.25, 0.3) is 0 Å². The lowest BCUT2D eigenvalue weighted by atomic mass is 10.1. The monoisotopic (exact) mass is 332 g/mol. The van der Waals surface area contributed by atoms with E-state index in [4.69, 9.17) is 0 Å². The number of likely N-dealkylation sites (tertiary alicyclic amines) is 1. The van der Waals surface area contributed by atoms with Crippen LogP contribution in [-0.2, 0) is 11.3 Å². The molecule has 1 heterocycles. The minimum atomic E-state index is -0.332. The third-order valence-electron chi connectivity index (χ3n) is 4.18. The molecule has 1 aliphatic heterocycles. The van der Waals surface area contributed by atoms with E-state index in [1.54, 1.807) is 0 Å². The summed E-state index contributed by atoms with van der Waals surface area (Å²) >= 11 is 0. The topological polar surface area (TPSA) is 73.5 Å². The largest absolute Gasteiger partial charge is 0.353 e. The summed E-state index contributed by atoms with van der Waals surface area (Å²) in [5.41, 5.74) is 2.21. The lowest BCUT2D eigenvalue weighted by Gasteiger charge is -2.26. The van der Waals surface area contributed by atoms with Gasteiger partial charge in [0.1, 0.15) is 0 Å². The highest BCUT2D eigenvalue weighted by atomic mass is 16.2. The molecule has 3 N–H and O–H groups in total. The second-order valence-corrected chi connectivity index (χ2v) is 6.27. The zero-order valence-corrected chi connectivity index (χ0v) is 14.4. The van der Waals surface area contributed by atoms with Gasteiger partial charge in [0.2, 0.25) is 5.91 Å². The van der Waals surface area contributed by atoms with Crippen LogP contribution in [-0.4, -0.2) is 49.6 Å². The number of nitrogens with one attached hydrogen (secondary N) is 3. The highest BCUT2D eigenvalue weighted by Crippen LogP contribution is 2.07. The Bertz CT molecular complexity index is 524. The van der Waals surface area contributed by atoms with Crippen LogP contribution >= 0.6 is 0 Å². The Morgan fingerprint density at radius 1 is 1.00 bits per heavy atom. The average Bonchev–Trinajstić information content (AvgIpc) is 2.60. The SMILES string of the molecule is Cc1ccc(CNC(=O)NCC(=O)NCCN2CCCCC2)cc1. The molecule has 132 valence electrons. The standard InChI is InChI=1S/C18H28N4O2/c1-15-5-7-16(8-6-15)13-20-18(24)21-14-17(23)19-9-12-22-10-3-2-4-11-22/h5-8H,2-4,9-14H2,1H3,(H,19,23)(H2,20,21,24). The average molecular weight is 332 g/mol. The van der Waals surface area contributed by atoms with E-state index in [1.807, 2.05) is 31.2 Å². The van der Waals surface area contributed by atoms with Gasteiger partial charge >= 0.3 is 6.03 Å². The summed E-state index contributed by atoms with van der Waals surface area (Å²) in [6.45, 7) is 6.22. The lowest BCUT2D eigenvalue weighted by Crippen LogP contribution is -2.44. The van der Waals surface area contributed by atoms with Gasteiger partial charge in [-0.3, -0.25) is 4.79 Å². The molecular formula is C18H28N4O2. The normalized spacial score (nSPS) is 14.9. The van der Waals surface area contributed by atoms with Crippen LogP contribution in [0.2, 0.25) is 0 Å². The summed E-state index contributed by atoms with van der Waals surface area (Å²) in [6.07, 6.45) is 3.80. The molecule has 2 rings (SSSR count). The number of carbonyl (C=O) groups is 2. The molecule has 6 nitrogen and oxygen atoms in total. The number of piperidine rings is 1. The van der Waals surface area contributed by atoms with Gasteiger partial charge in [-0.15, -0.1) is 0 Å². The predicted molar refractivity (Wildman–Crippen MR) is 94.7 cm³/mol. The molecule has 24 heavy (non-hydrogen) atoms.